The Morgan fingerprint density at radius 2 is 1.67 bits per heavy atom. The summed E-state index contributed by atoms with van der Waals surface area (Å²) in [5.74, 6) is 0. The zero-order chi connectivity index (χ0) is 13.0. The molecule has 0 saturated carbocycles. The molecule has 0 saturated heterocycles. The standard InChI is InChI=1S/C15H15Cl2N/c16-13-8-4-7-12(15(13)17)9-10-14(18)11-5-2-1-3-6-11/h1-8,14H,9-10,18H2. The van der Waals surface area contributed by atoms with Crippen LogP contribution in [0.2, 0.25) is 10.0 Å². The topological polar surface area (TPSA) is 26.0 Å². The summed E-state index contributed by atoms with van der Waals surface area (Å²) >= 11 is 12.1. The Morgan fingerprint density at radius 1 is 0.944 bits per heavy atom. The first-order valence-electron chi connectivity index (χ1n) is 5.92. The van der Waals surface area contributed by atoms with Gasteiger partial charge in [0.05, 0.1) is 10.0 Å². The van der Waals surface area contributed by atoms with Crippen LogP contribution in [-0.4, -0.2) is 0 Å². The van der Waals surface area contributed by atoms with Crippen LogP contribution in [0.5, 0.6) is 0 Å². The SMILES string of the molecule is NC(CCc1cccc(Cl)c1Cl)c1ccccc1. The lowest BCUT2D eigenvalue weighted by Crippen LogP contribution is -2.11. The van der Waals surface area contributed by atoms with E-state index in [0.717, 1.165) is 24.0 Å². The van der Waals surface area contributed by atoms with Crippen molar-refractivity contribution in [2.75, 3.05) is 0 Å². The zero-order valence-corrected chi connectivity index (χ0v) is 11.5. The number of aryl methyl sites for hydroxylation is 1. The predicted molar refractivity (Wildman–Crippen MR) is 78.2 cm³/mol. The lowest BCUT2D eigenvalue weighted by Gasteiger charge is -2.12. The Morgan fingerprint density at radius 3 is 2.39 bits per heavy atom. The van der Waals surface area contributed by atoms with Crippen LogP contribution in [0.25, 0.3) is 0 Å². The highest BCUT2D eigenvalue weighted by Gasteiger charge is 2.08. The highest BCUT2D eigenvalue weighted by Crippen LogP contribution is 2.27. The van der Waals surface area contributed by atoms with Gasteiger partial charge in [-0.2, -0.15) is 0 Å². The first-order chi connectivity index (χ1) is 8.68. The molecule has 0 aliphatic heterocycles. The van der Waals surface area contributed by atoms with Gasteiger partial charge in [-0.05, 0) is 30.0 Å². The highest BCUT2D eigenvalue weighted by molar-refractivity contribution is 6.42. The molecular weight excluding hydrogens is 265 g/mol. The molecule has 0 radical (unpaired) electrons. The van der Waals surface area contributed by atoms with E-state index in [4.69, 9.17) is 28.9 Å². The van der Waals surface area contributed by atoms with E-state index in [-0.39, 0.29) is 6.04 Å². The largest absolute Gasteiger partial charge is 0.324 e. The van der Waals surface area contributed by atoms with Crippen molar-refractivity contribution in [3.8, 4) is 0 Å². The van der Waals surface area contributed by atoms with Gasteiger partial charge in [0.2, 0.25) is 0 Å². The van der Waals surface area contributed by atoms with E-state index >= 15 is 0 Å². The quantitative estimate of drug-likeness (QED) is 0.868. The molecule has 2 aromatic rings. The Labute approximate surface area is 118 Å². The monoisotopic (exact) mass is 279 g/mol. The molecule has 0 bridgehead atoms. The third-order valence-corrected chi connectivity index (χ3v) is 3.84. The number of nitrogens with two attached hydrogens (primary N) is 1. The van der Waals surface area contributed by atoms with Gasteiger partial charge in [-0.15, -0.1) is 0 Å². The first kappa shape index (κ1) is 13.4. The molecule has 94 valence electrons. The van der Waals surface area contributed by atoms with Crippen molar-refractivity contribution in [1.29, 1.82) is 0 Å². The molecule has 0 spiro atoms. The molecule has 0 fully saturated rings. The fourth-order valence-electron chi connectivity index (χ4n) is 1.92. The lowest BCUT2D eigenvalue weighted by molar-refractivity contribution is 0.651. The van der Waals surface area contributed by atoms with Crippen molar-refractivity contribution < 1.29 is 0 Å². The maximum Gasteiger partial charge on any atom is 0.0624 e. The molecule has 3 heteroatoms. The molecule has 2 aromatic carbocycles. The first-order valence-corrected chi connectivity index (χ1v) is 6.67. The average molecular weight is 280 g/mol. The van der Waals surface area contributed by atoms with Crippen molar-refractivity contribution in [2.45, 2.75) is 18.9 Å². The van der Waals surface area contributed by atoms with Gasteiger partial charge in [0.25, 0.3) is 0 Å². The molecule has 1 unspecified atom stereocenters. The van der Waals surface area contributed by atoms with E-state index in [9.17, 15) is 0 Å². The molecule has 0 amide bonds. The van der Waals surface area contributed by atoms with Gasteiger partial charge in [-0.25, -0.2) is 0 Å². The second-order valence-corrected chi connectivity index (χ2v) is 5.05. The third-order valence-electron chi connectivity index (χ3n) is 2.98. The second-order valence-electron chi connectivity index (χ2n) is 4.27. The maximum absolute atomic E-state index is 6.15. The second kappa shape index (κ2) is 6.24. The minimum absolute atomic E-state index is 0.0289. The smallest absolute Gasteiger partial charge is 0.0624 e. The summed E-state index contributed by atoms with van der Waals surface area (Å²) in [6.07, 6.45) is 1.68. The number of halogens is 2. The van der Waals surface area contributed by atoms with Crippen molar-refractivity contribution in [3.05, 3.63) is 69.7 Å². The molecule has 2 N–H and O–H groups in total. The van der Waals surface area contributed by atoms with E-state index < -0.39 is 0 Å². The van der Waals surface area contributed by atoms with Crippen LogP contribution in [0, 0.1) is 0 Å². The minimum Gasteiger partial charge on any atom is -0.324 e. The summed E-state index contributed by atoms with van der Waals surface area (Å²) in [5.41, 5.74) is 8.36. The van der Waals surface area contributed by atoms with Crippen molar-refractivity contribution >= 4 is 23.2 Å². The summed E-state index contributed by atoms with van der Waals surface area (Å²) in [6, 6.07) is 15.8. The molecule has 0 heterocycles. The summed E-state index contributed by atoms with van der Waals surface area (Å²) in [5, 5.41) is 1.24. The fourth-order valence-corrected chi connectivity index (χ4v) is 2.33. The van der Waals surface area contributed by atoms with Crippen LogP contribution in [0.1, 0.15) is 23.6 Å². The molecular formula is C15H15Cl2N. The van der Waals surface area contributed by atoms with Crippen LogP contribution in [0.15, 0.2) is 48.5 Å². The van der Waals surface area contributed by atoms with Gasteiger partial charge in [0.1, 0.15) is 0 Å². The average Bonchev–Trinajstić information content (AvgIpc) is 2.41. The molecule has 0 aliphatic carbocycles. The van der Waals surface area contributed by atoms with Crippen LogP contribution in [0.3, 0.4) is 0 Å². The van der Waals surface area contributed by atoms with Crippen LogP contribution < -0.4 is 5.73 Å². The number of hydrogen-bond acceptors (Lipinski definition) is 1. The van der Waals surface area contributed by atoms with E-state index in [1.165, 1.54) is 0 Å². The molecule has 0 aromatic heterocycles. The minimum atomic E-state index is 0.0289. The number of hydrogen-bond donors (Lipinski definition) is 1. The van der Waals surface area contributed by atoms with Crippen molar-refractivity contribution in [1.82, 2.24) is 0 Å². The lowest BCUT2D eigenvalue weighted by atomic mass is 10.00. The Bertz CT molecular complexity index is 511. The molecule has 0 aliphatic rings. The van der Waals surface area contributed by atoms with Crippen molar-refractivity contribution in [2.24, 2.45) is 5.73 Å². The summed E-state index contributed by atoms with van der Waals surface area (Å²) < 4.78 is 0. The van der Waals surface area contributed by atoms with Gasteiger partial charge >= 0.3 is 0 Å². The van der Waals surface area contributed by atoms with E-state index in [2.05, 4.69) is 0 Å². The van der Waals surface area contributed by atoms with E-state index in [1.54, 1.807) is 6.07 Å². The Kier molecular flexibility index (Phi) is 4.65. The van der Waals surface area contributed by atoms with Crippen LogP contribution in [0.4, 0.5) is 0 Å². The van der Waals surface area contributed by atoms with Gasteiger partial charge in [-0.1, -0.05) is 65.7 Å². The van der Waals surface area contributed by atoms with E-state index in [0.29, 0.717) is 10.0 Å². The number of rotatable bonds is 4. The maximum atomic E-state index is 6.15. The summed E-state index contributed by atoms with van der Waals surface area (Å²) in [4.78, 5) is 0. The zero-order valence-electron chi connectivity index (χ0n) is 9.94. The predicted octanol–water partition coefficient (Wildman–Crippen LogP) is 4.63. The summed E-state index contributed by atoms with van der Waals surface area (Å²) in [7, 11) is 0. The van der Waals surface area contributed by atoms with Crippen LogP contribution in [-0.2, 0) is 6.42 Å². The summed E-state index contributed by atoms with van der Waals surface area (Å²) in [6.45, 7) is 0. The molecule has 2 rings (SSSR count). The van der Waals surface area contributed by atoms with Crippen LogP contribution >= 0.6 is 23.2 Å². The molecule has 1 atom stereocenters. The van der Waals surface area contributed by atoms with Gasteiger partial charge in [0, 0.05) is 6.04 Å². The highest BCUT2D eigenvalue weighted by atomic mass is 35.5. The fraction of sp³-hybridized carbons (Fsp3) is 0.200. The molecule has 1 nitrogen and oxygen atoms in total. The van der Waals surface area contributed by atoms with Gasteiger partial charge in [-0.3, -0.25) is 0 Å². The van der Waals surface area contributed by atoms with Gasteiger partial charge < -0.3 is 5.73 Å². The Balaban J connectivity index is 2.02. The Hall–Kier alpha value is -1.02. The van der Waals surface area contributed by atoms with Crippen molar-refractivity contribution in [3.63, 3.8) is 0 Å². The normalized spacial score (nSPS) is 12.4. The van der Waals surface area contributed by atoms with Gasteiger partial charge in [0.15, 0.2) is 0 Å². The molecule has 18 heavy (non-hydrogen) atoms. The number of benzene rings is 2. The third kappa shape index (κ3) is 3.26. The van der Waals surface area contributed by atoms with E-state index in [1.807, 2.05) is 42.5 Å².